The third kappa shape index (κ3) is 7.48. The molecular weight excluding hydrogens is 372 g/mol. The fraction of sp³-hybridized carbons (Fsp3) is 0.524. The van der Waals surface area contributed by atoms with Gasteiger partial charge in [-0.25, -0.2) is 4.98 Å². The highest BCUT2D eigenvalue weighted by atomic mass is 32.1. The van der Waals surface area contributed by atoms with Crippen molar-refractivity contribution in [3.63, 3.8) is 0 Å². The second-order valence-electron chi connectivity index (χ2n) is 6.52. The highest BCUT2D eigenvalue weighted by Gasteiger charge is 2.12. The lowest BCUT2D eigenvalue weighted by Crippen LogP contribution is -2.38. The molecule has 1 atom stereocenters. The molecule has 1 aromatic heterocycles. The molecule has 0 saturated carbocycles. The van der Waals surface area contributed by atoms with Crippen LogP contribution in [-0.4, -0.2) is 49.7 Å². The summed E-state index contributed by atoms with van der Waals surface area (Å²) in [6, 6.07) is 9.92. The Balaban J connectivity index is 1.77. The molecule has 2 rings (SSSR count). The minimum absolute atomic E-state index is 0.0315. The van der Waals surface area contributed by atoms with Gasteiger partial charge in [-0.05, 0) is 38.8 Å². The van der Waals surface area contributed by atoms with Gasteiger partial charge in [-0.3, -0.25) is 4.99 Å². The first-order chi connectivity index (χ1) is 13.6. The van der Waals surface area contributed by atoms with E-state index in [0.29, 0.717) is 6.61 Å². The minimum Gasteiger partial charge on any atom is -0.494 e. The third-order valence-electron chi connectivity index (χ3n) is 4.19. The molecule has 0 amide bonds. The SMILES string of the molecule is CCNC(=NCCCCOc1ccccc1)N(C)Cc1csc(C(C)OC)n1. The average molecular weight is 405 g/mol. The van der Waals surface area contributed by atoms with Crippen molar-refractivity contribution in [2.75, 3.05) is 33.9 Å². The topological polar surface area (TPSA) is 59.0 Å². The van der Waals surface area contributed by atoms with Gasteiger partial charge in [0.25, 0.3) is 0 Å². The molecule has 1 heterocycles. The van der Waals surface area contributed by atoms with Crippen molar-refractivity contribution in [3.8, 4) is 5.75 Å². The number of ether oxygens (including phenoxy) is 2. The molecule has 1 N–H and O–H groups in total. The van der Waals surface area contributed by atoms with Crippen LogP contribution in [0.5, 0.6) is 5.75 Å². The van der Waals surface area contributed by atoms with Crippen LogP contribution in [-0.2, 0) is 11.3 Å². The van der Waals surface area contributed by atoms with Gasteiger partial charge in [-0.15, -0.1) is 11.3 Å². The summed E-state index contributed by atoms with van der Waals surface area (Å²) in [5, 5.41) is 6.45. The summed E-state index contributed by atoms with van der Waals surface area (Å²) in [5.41, 5.74) is 1.04. The lowest BCUT2D eigenvalue weighted by atomic mass is 10.3. The van der Waals surface area contributed by atoms with E-state index in [1.165, 1.54) is 0 Å². The van der Waals surface area contributed by atoms with Crippen LogP contribution in [0.4, 0.5) is 0 Å². The quantitative estimate of drug-likeness (QED) is 0.347. The number of rotatable bonds is 11. The first-order valence-electron chi connectivity index (χ1n) is 9.78. The standard InChI is InChI=1S/C21H32N4O2S/c1-5-22-21(23-13-9-10-14-27-19-11-7-6-8-12-19)25(3)15-18-16-28-20(24-18)17(2)26-4/h6-8,11-12,16-17H,5,9-10,13-15H2,1-4H3,(H,22,23). The van der Waals surface area contributed by atoms with Crippen molar-refractivity contribution in [2.24, 2.45) is 4.99 Å². The average Bonchev–Trinajstić information content (AvgIpc) is 3.18. The molecule has 0 saturated heterocycles. The Labute approximate surface area is 172 Å². The first-order valence-corrected chi connectivity index (χ1v) is 10.7. The Morgan fingerprint density at radius 2 is 2.07 bits per heavy atom. The molecule has 154 valence electrons. The van der Waals surface area contributed by atoms with Crippen molar-refractivity contribution in [3.05, 3.63) is 46.4 Å². The van der Waals surface area contributed by atoms with Crippen LogP contribution in [0.3, 0.4) is 0 Å². The van der Waals surface area contributed by atoms with Gasteiger partial charge in [0.1, 0.15) is 16.9 Å². The molecular formula is C21H32N4O2S. The predicted molar refractivity (Wildman–Crippen MR) is 116 cm³/mol. The maximum absolute atomic E-state index is 5.73. The van der Waals surface area contributed by atoms with E-state index in [1.54, 1.807) is 18.4 Å². The minimum atomic E-state index is 0.0315. The van der Waals surface area contributed by atoms with Gasteiger partial charge in [-0.2, -0.15) is 0 Å². The summed E-state index contributed by atoms with van der Waals surface area (Å²) in [6.07, 6.45) is 2.00. The molecule has 28 heavy (non-hydrogen) atoms. The number of unbranched alkanes of at least 4 members (excludes halogenated alkanes) is 1. The number of hydrogen-bond acceptors (Lipinski definition) is 5. The van der Waals surface area contributed by atoms with Crippen LogP contribution in [0.25, 0.3) is 0 Å². The smallest absolute Gasteiger partial charge is 0.194 e. The zero-order valence-corrected chi connectivity index (χ0v) is 18.2. The summed E-state index contributed by atoms with van der Waals surface area (Å²) in [7, 11) is 3.75. The summed E-state index contributed by atoms with van der Waals surface area (Å²) < 4.78 is 11.1. The molecule has 0 aliphatic heterocycles. The lowest BCUT2D eigenvalue weighted by molar-refractivity contribution is 0.119. The van der Waals surface area contributed by atoms with Crippen LogP contribution in [0.2, 0.25) is 0 Å². The third-order valence-corrected chi connectivity index (χ3v) is 5.25. The molecule has 0 bridgehead atoms. The van der Waals surface area contributed by atoms with Crippen molar-refractivity contribution < 1.29 is 9.47 Å². The van der Waals surface area contributed by atoms with Crippen LogP contribution in [0, 0.1) is 0 Å². The van der Waals surface area contributed by atoms with Crippen LogP contribution >= 0.6 is 11.3 Å². The molecule has 7 heteroatoms. The van der Waals surface area contributed by atoms with Gasteiger partial charge in [0, 0.05) is 32.6 Å². The van der Waals surface area contributed by atoms with Crippen LogP contribution < -0.4 is 10.1 Å². The van der Waals surface area contributed by atoms with E-state index in [1.807, 2.05) is 44.3 Å². The first kappa shape index (κ1) is 22.2. The van der Waals surface area contributed by atoms with Gasteiger partial charge in [0.15, 0.2) is 5.96 Å². The Hall–Kier alpha value is -2.12. The number of nitrogens with one attached hydrogen (secondary N) is 1. The summed E-state index contributed by atoms with van der Waals surface area (Å²) in [6.45, 7) is 7.13. The van der Waals surface area contributed by atoms with Crippen LogP contribution in [0.1, 0.15) is 43.5 Å². The largest absolute Gasteiger partial charge is 0.494 e. The Bertz CT molecular complexity index is 705. The summed E-state index contributed by atoms with van der Waals surface area (Å²) >= 11 is 1.64. The van der Waals surface area contributed by atoms with E-state index in [2.05, 4.69) is 27.5 Å². The van der Waals surface area contributed by atoms with Gasteiger partial charge >= 0.3 is 0 Å². The number of methoxy groups -OCH3 is 1. The van der Waals surface area contributed by atoms with Gasteiger partial charge in [0.05, 0.1) is 18.8 Å². The van der Waals surface area contributed by atoms with Gasteiger partial charge < -0.3 is 19.7 Å². The Morgan fingerprint density at radius 1 is 1.29 bits per heavy atom. The number of thiazole rings is 1. The Kier molecular flexibility index (Phi) is 9.79. The van der Waals surface area contributed by atoms with E-state index in [4.69, 9.17) is 14.5 Å². The number of aliphatic imine (C=N–C) groups is 1. The maximum Gasteiger partial charge on any atom is 0.194 e. The van der Waals surface area contributed by atoms with Crippen molar-refractivity contribution >= 4 is 17.3 Å². The van der Waals surface area contributed by atoms with E-state index in [-0.39, 0.29) is 6.10 Å². The molecule has 2 aromatic rings. The van der Waals surface area contributed by atoms with Gasteiger partial charge in [0.2, 0.25) is 0 Å². The molecule has 0 aliphatic carbocycles. The number of aromatic nitrogens is 1. The molecule has 0 spiro atoms. The molecule has 0 radical (unpaired) electrons. The molecule has 1 aromatic carbocycles. The predicted octanol–water partition coefficient (Wildman–Crippen LogP) is 4.11. The molecule has 1 unspecified atom stereocenters. The zero-order valence-electron chi connectivity index (χ0n) is 17.4. The molecule has 6 nitrogen and oxygen atoms in total. The van der Waals surface area contributed by atoms with Crippen LogP contribution in [0.15, 0.2) is 40.7 Å². The monoisotopic (exact) mass is 404 g/mol. The van der Waals surface area contributed by atoms with E-state index < -0.39 is 0 Å². The number of hydrogen-bond donors (Lipinski definition) is 1. The summed E-state index contributed by atoms with van der Waals surface area (Å²) in [5.74, 6) is 1.82. The second-order valence-corrected chi connectivity index (χ2v) is 7.41. The van der Waals surface area contributed by atoms with Crippen molar-refractivity contribution in [1.82, 2.24) is 15.2 Å². The number of guanidine groups is 1. The highest BCUT2D eigenvalue weighted by molar-refractivity contribution is 7.09. The normalized spacial score (nSPS) is 12.6. The lowest BCUT2D eigenvalue weighted by Gasteiger charge is -2.21. The Morgan fingerprint density at radius 3 is 2.79 bits per heavy atom. The molecule has 0 aliphatic rings. The fourth-order valence-electron chi connectivity index (χ4n) is 2.58. The number of benzene rings is 1. The van der Waals surface area contributed by atoms with Crippen molar-refractivity contribution in [2.45, 2.75) is 39.3 Å². The maximum atomic E-state index is 5.73. The fourth-order valence-corrected chi connectivity index (χ4v) is 3.42. The highest BCUT2D eigenvalue weighted by Crippen LogP contribution is 2.20. The number of nitrogens with zero attached hydrogens (tertiary/aromatic N) is 3. The van der Waals surface area contributed by atoms with Crippen molar-refractivity contribution in [1.29, 1.82) is 0 Å². The summed E-state index contributed by atoms with van der Waals surface area (Å²) in [4.78, 5) is 11.5. The molecule has 0 fully saturated rings. The van der Waals surface area contributed by atoms with Gasteiger partial charge in [-0.1, -0.05) is 18.2 Å². The van der Waals surface area contributed by atoms with E-state index >= 15 is 0 Å². The number of para-hydroxylation sites is 1. The zero-order chi connectivity index (χ0) is 20.2. The second kappa shape index (κ2) is 12.4. The van der Waals surface area contributed by atoms with E-state index in [9.17, 15) is 0 Å². The van der Waals surface area contributed by atoms with E-state index in [0.717, 1.165) is 54.9 Å².